The average molecular weight is 990 g/mol. The van der Waals surface area contributed by atoms with E-state index in [-0.39, 0.29) is 31.1 Å². The topological polar surface area (TPSA) is 78.9 Å². The molecule has 0 spiro atoms. The molecule has 0 radical (unpaired) electrons. The Morgan fingerprint density at radius 2 is 0.386 bits per heavy atom. The van der Waals surface area contributed by atoms with Crippen molar-refractivity contribution in [3.8, 4) is 0 Å². The summed E-state index contributed by atoms with van der Waals surface area (Å²) in [5.41, 5.74) is 0. The first-order chi connectivity index (χ1) is 34.5. The van der Waals surface area contributed by atoms with E-state index in [9.17, 15) is 14.4 Å². The van der Waals surface area contributed by atoms with Gasteiger partial charge < -0.3 is 14.2 Å². The molecule has 0 rings (SSSR count). The Morgan fingerprint density at radius 1 is 0.229 bits per heavy atom. The predicted octanol–water partition coefficient (Wildman–Crippen LogP) is 21.5. The van der Waals surface area contributed by atoms with Crippen molar-refractivity contribution in [2.45, 2.75) is 380 Å². The lowest BCUT2D eigenvalue weighted by atomic mass is 10.0. The Morgan fingerprint density at radius 3 is 0.571 bits per heavy atom. The van der Waals surface area contributed by atoms with Gasteiger partial charge in [0.15, 0.2) is 6.10 Å². The highest BCUT2D eigenvalue weighted by molar-refractivity contribution is 5.71. The Labute approximate surface area is 438 Å². The van der Waals surface area contributed by atoms with Crippen molar-refractivity contribution >= 4 is 17.9 Å². The molecule has 0 aliphatic rings. The molecule has 70 heavy (non-hydrogen) atoms. The summed E-state index contributed by atoms with van der Waals surface area (Å²) < 4.78 is 16.8. The van der Waals surface area contributed by atoms with E-state index in [1.165, 1.54) is 276 Å². The molecule has 6 heteroatoms. The molecule has 6 nitrogen and oxygen atoms in total. The van der Waals surface area contributed by atoms with Gasteiger partial charge in [0.2, 0.25) is 0 Å². The second-order valence-corrected chi connectivity index (χ2v) is 22.1. The molecule has 0 fully saturated rings. The van der Waals surface area contributed by atoms with Crippen molar-refractivity contribution in [1.82, 2.24) is 0 Å². The number of hydrogen-bond acceptors (Lipinski definition) is 6. The lowest BCUT2D eigenvalue weighted by molar-refractivity contribution is -0.167. The molecule has 0 aromatic carbocycles. The van der Waals surface area contributed by atoms with Crippen LogP contribution in [0.5, 0.6) is 0 Å². The van der Waals surface area contributed by atoms with E-state index in [4.69, 9.17) is 14.2 Å². The highest BCUT2D eigenvalue weighted by atomic mass is 16.6. The van der Waals surface area contributed by atoms with Gasteiger partial charge >= 0.3 is 17.9 Å². The molecular weight excluding hydrogens is 865 g/mol. The zero-order valence-corrected chi connectivity index (χ0v) is 47.8. The molecule has 0 amide bonds. The number of carbonyl (C=O) groups is 3. The van der Waals surface area contributed by atoms with E-state index in [0.29, 0.717) is 19.3 Å². The van der Waals surface area contributed by atoms with Gasteiger partial charge in [0.1, 0.15) is 13.2 Å². The lowest BCUT2D eigenvalue weighted by Crippen LogP contribution is -2.30. The van der Waals surface area contributed by atoms with E-state index < -0.39 is 6.10 Å². The third-order valence-electron chi connectivity index (χ3n) is 14.9. The summed E-state index contributed by atoms with van der Waals surface area (Å²) in [6, 6.07) is 0. The summed E-state index contributed by atoms with van der Waals surface area (Å²) in [4.78, 5) is 38.0. The molecule has 0 heterocycles. The van der Waals surface area contributed by atoms with E-state index >= 15 is 0 Å². The van der Waals surface area contributed by atoms with Crippen molar-refractivity contribution in [3.63, 3.8) is 0 Å². The fourth-order valence-corrected chi connectivity index (χ4v) is 10.0. The van der Waals surface area contributed by atoms with Crippen LogP contribution >= 0.6 is 0 Å². The zero-order valence-electron chi connectivity index (χ0n) is 47.8. The van der Waals surface area contributed by atoms with Crippen LogP contribution in [0.4, 0.5) is 0 Å². The molecule has 0 aromatic heterocycles. The summed E-state index contributed by atoms with van der Waals surface area (Å²) in [6.07, 6.45) is 68.7. The van der Waals surface area contributed by atoms with Gasteiger partial charge in [-0.2, -0.15) is 0 Å². The second-order valence-electron chi connectivity index (χ2n) is 22.1. The van der Waals surface area contributed by atoms with Crippen molar-refractivity contribution in [2.75, 3.05) is 13.2 Å². The maximum Gasteiger partial charge on any atom is 0.306 e. The monoisotopic (exact) mass is 989 g/mol. The Bertz CT molecular complexity index is 1040. The number of esters is 3. The quantitative estimate of drug-likeness (QED) is 0.0343. The molecule has 0 N–H and O–H groups in total. The first kappa shape index (κ1) is 68.4. The summed E-state index contributed by atoms with van der Waals surface area (Å²) in [5, 5.41) is 0. The van der Waals surface area contributed by atoms with E-state index in [0.717, 1.165) is 57.8 Å². The van der Waals surface area contributed by atoms with Gasteiger partial charge in [-0.15, -0.1) is 0 Å². The normalized spacial score (nSPS) is 11.9. The van der Waals surface area contributed by atoms with Crippen LogP contribution in [0.1, 0.15) is 374 Å². The van der Waals surface area contributed by atoms with Gasteiger partial charge in [0, 0.05) is 19.3 Å². The highest BCUT2D eigenvalue weighted by Gasteiger charge is 2.19. The molecule has 1 atom stereocenters. The number of ether oxygens (including phenoxy) is 3. The van der Waals surface area contributed by atoms with E-state index in [1.54, 1.807) is 0 Å². The molecule has 0 bridgehead atoms. The number of rotatable bonds is 60. The van der Waals surface area contributed by atoms with Crippen LogP contribution in [0.3, 0.4) is 0 Å². The summed E-state index contributed by atoms with van der Waals surface area (Å²) in [7, 11) is 0. The van der Waals surface area contributed by atoms with Crippen molar-refractivity contribution in [3.05, 3.63) is 0 Å². The van der Waals surface area contributed by atoms with Gasteiger partial charge in [-0.3, -0.25) is 14.4 Å². The summed E-state index contributed by atoms with van der Waals surface area (Å²) in [5.74, 6) is -0.842. The van der Waals surface area contributed by atoms with Gasteiger partial charge in [-0.05, 0) is 19.3 Å². The number of unbranched alkanes of at least 4 members (excludes halogenated alkanes) is 49. The van der Waals surface area contributed by atoms with Crippen LogP contribution in [0.15, 0.2) is 0 Å². The van der Waals surface area contributed by atoms with Crippen molar-refractivity contribution in [2.24, 2.45) is 0 Å². The van der Waals surface area contributed by atoms with Gasteiger partial charge in [-0.1, -0.05) is 335 Å². The average Bonchev–Trinajstić information content (AvgIpc) is 3.36. The Hall–Kier alpha value is -1.59. The van der Waals surface area contributed by atoms with Gasteiger partial charge in [0.05, 0.1) is 0 Å². The molecule has 416 valence electrons. The smallest absolute Gasteiger partial charge is 0.306 e. The minimum Gasteiger partial charge on any atom is -0.462 e. The first-order valence-electron chi connectivity index (χ1n) is 32.0. The maximum atomic E-state index is 12.8. The molecule has 1 unspecified atom stereocenters. The summed E-state index contributed by atoms with van der Waals surface area (Å²) in [6.45, 7) is 6.66. The Balaban J connectivity index is 3.98. The molecule has 0 saturated carbocycles. The van der Waals surface area contributed by atoms with Crippen LogP contribution in [-0.4, -0.2) is 37.2 Å². The molecular formula is C64H124O6. The standard InChI is InChI=1S/C64H124O6/c1-4-7-10-13-16-18-20-22-24-26-28-29-30-31-32-33-34-35-37-38-40-42-44-46-48-51-54-57-63(66)69-60-61(59-68-62(65)56-53-50-15-12-9-6-3)70-64(67)58-55-52-49-47-45-43-41-39-36-27-25-23-21-19-17-14-11-8-5-2/h61H,4-60H2,1-3H3. The van der Waals surface area contributed by atoms with E-state index in [1.807, 2.05) is 0 Å². The van der Waals surface area contributed by atoms with Crippen LogP contribution < -0.4 is 0 Å². The molecule has 0 aromatic rings. The highest BCUT2D eigenvalue weighted by Crippen LogP contribution is 2.19. The van der Waals surface area contributed by atoms with Crippen LogP contribution in [0, 0.1) is 0 Å². The van der Waals surface area contributed by atoms with Crippen molar-refractivity contribution in [1.29, 1.82) is 0 Å². The summed E-state index contributed by atoms with van der Waals surface area (Å²) >= 11 is 0. The van der Waals surface area contributed by atoms with Crippen molar-refractivity contribution < 1.29 is 28.6 Å². The minimum absolute atomic E-state index is 0.0619. The SMILES string of the molecule is CCCCCCCCCCCCCCCCCCCCCCCCCCCCCC(=O)OCC(COC(=O)CCCCCCCC)OC(=O)CCCCCCCCCCCCCCCCCCCCC. The Kier molecular flexibility index (Phi) is 58.6. The third-order valence-corrected chi connectivity index (χ3v) is 14.9. The fourth-order valence-electron chi connectivity index (χ4n) is 10.0. The molecule has 0 saturated heterocycles. The lowest BCUT2D eigenvalue weighted by Gasteiger charge is -2.18. The number of carbonyl (C=O) groups excluding carboxylic acids is 3. The van der Waals surface area contributed by atoms with Gasteiger partial charge in [-0.25, -0.2) is 0 Å². The largest absolute Gasteiger partial charge is 0.462 e. The maximum absolute atomic E-state index is 12.8. The molecule has 0 aliphatic heterocycles. The fraction of sp³-hybridized carbons (Fsp3) is 0.953. The second kappa shape index (κ2) is 60.0. The van der Waals surface area contributed by atoms with Crippen LogP contribution in [0.2, 0.25) is 0 Å². The van der Waals surface area contributed by atoms with Crippen LogP contribution in [-0.2, 0) is 28.6 Å². The first-order valence-corrected chi connectivity index (χ1v) is 32.0. The van der Waals surface area contributed by atoms with E-state index in [2.05, 4.69) is 20.8 Å². The third kappa shape index (κ3) is 57.3. The van der Waals surface area contributed by atoms with Crippen LogP contribution in [0.25, 0.3) is 0 Å². The molecule has 0 aliphatic carbocycles. The van der Waals surface area contributed by atoms with Gasteiger partial charge in [0.25, 0.3) is 0 Å². The predicted molar refractivity (Wildman–Crippen MR) is 303 cm³/mol. The minimum atomic E-state index is -0.760. The number of hydrogen-bond donors (Lipinski definition) is 0. The zero-order chi connectivity index (χ0) is 50.7.